The highest BCUT2D eigenvalue weighted by Crippen LogP contribution is 2.27. The number of H-pyrrole nitrogens is 1. The second-order valence-electron chi connectivity index (χ2n) is 5.93. The number of halogens is 2. The Kier molecular flexibility index (Phi) is 5.21. The Morgan fingerprint density at radius 1 is 1.16 bits per heavy atom. The maximum atomic E-state index is 14.0. The SMILES string of the molecule is Cc1cccc(C(O)CNCc2cn[nH]c2-c2c(F)cccc2F)c1. The molecule has 4 nitrogen and oxygen atoms in total. The maximum Gasteiger partial charge on any atom is 0.135 e. The van der Waals surface area contributed by atoms with E-state index < -0.39 is 17.7 Å². The van der Waals surface area contributed by atoms with Gasteiger partial charge in [-0.25, -0.2) is 8.78 Å². The van der Waals surface area contributed by atoms with Gasteiger partial charge in [-0.2, -0.15) is 5.10 Å². The van der Waals surface area contributed by atoms with Gasteiger partial charge in [-0.1, -0.05) is 35.9 Å². The lowest BCUT2D eigenvalue weighted by Gasteiger charge is -2.13. The molecule has 0 aliphatic carbocycles. The number of aliphatic hydroxyl groups excluding tert-OH is 1. The van der Waals surface area contributed by atoms with E-state index in [4.69, 9.17) is 0 Å². The largest absolute Gasteiger partial charge is 0.387 e. The maximum absolute atomic E-state index is 14.0. The van der Waals surface area contributed by atoms with Gasteiger partial charge in [0, 0.05) is 18.7 Å². The van der Waals surface area contributed by atoms with Gasteiger partial charge in [-0.3, -0.25) is 5.10 Å². The van der Waals surface area contributed by atoms with Crippen molar-refractivity contribution < 1.29 is 13.9 Å². The molecule has 1 aromatic heterocycles. The molecular formula is C19H19F2N3O. The van der Waals surface area contributed by atoms with Crippen LogP contribution >= 0.6 is 0 Å². The van der Waals surface area contributed by atoms with E-state index in [-0.39, 0.29) is 5.56 Å². The van der Waals surface area contributed by atoms with Crippen LogP contribution in [0.3, 0.4) is 0 Å². The summed E-state index contributed by atoms with van der Waals surface area (Å²) in [6.07, 6.45) is 0.855. The predicted molar refractivity (Wildman–Crippen MR) is 91.8 cm³/mol. The molecule has 3 aromatic rings. The van der Waals surface area contributed by atoms with Crippen LogP contribution in [-0.4, -0.2) is 21.8 Å². The molecule has 0 spiro atoms. The molecular weight excluding hydrogens is 324 g/mol. The first kappa shape index (κ1) is 17.3. The molecule has 25 heavy (non-hydrogen) atoms. The smallest absolute Gasteiger partial charge is 0.135 e. The van der Waals surface area contributed by atoms with Crippen LogP contribution in [0.2, 0.25) is 0 Å². The first-order chi connectivity index (χ1) is 12.1. The van der Waals surface area contributed by atoms with Gasteiger partial charge >= 0.3 is 0 Å². The molecule has 2 aromatic carbocycles. The number of hydrogen-bond donors (Lipinski definition) is 3. The van der Waals surface area contributed by atoms with Gasteiger partial charge in [0.1, 0.15) is 11.6 Å². The Hall–Kier alpha value is -2.57. The fraction of sp³-hybridized carbons (Fsp3) is 0.211. The summed E-state index contributed by atoms with van der Waals surface area (Å²) >= 11 is 0. The minimum absolute atomic E-state index is 0.129. The van der Waals surface area contributed by atoms with Gasteiger partial charge in [0.2, 0.25) is 0 Å². The normalized spacial score (nSPS) is 12.3. The van der Waals surface area contributed by atoms with Crippen LogP contribution in [0, 0.1) is 18.6 Å². The lowest BCUT2D eigenvalue weighted by atomic mass is 10.1. The fourth-order valence-corrected chi connectivity index (χ4v) is 2.74. The van der Waals surface area contributed by atoms with Gasteiger partial charge < -0.3 is 10.4 Å². The molecule has 0 radical (unpaired) electrons. The molecule has 1 atom stereocenters. The summed E-state index contributed by atoms with van der Waals surface area (Å²) in [4.78, 5) is 0. The first-order valence-electron chi connectivity index (χ1n) is 7.98. The van der Waals surface area contributed by atoms with Crippen molar-refractivity contribution in [2.75, 3.05) is 6.54 Å². The number of aromatic amines is 1. The number of nitrogens with one attached hydrogen (secondary N) is 2. The molecule has 0 fully saturated rings. The molecule has 0 bridgehead atoms. The number of nitrogens with zero attached hydrogens (tertiary/aromatic N) is 1. The van der Waals surface area contributed by atoms with Crippen LogP contribution in [0.5, 0.6) is 0 Å². The molecule has 3 N–H and O–H groups in total. The zero-order valence-electron chi connectivity index (χ0n) is 13.8. The third kappa shape index (κ3) is 3.92. The van der Waals surface area contributed by atoms with E-state index in [1.165, 1.54) is 24.4 Å². The lowest BCUT2D eigenvalue weighted by Crippen LogP contribution is -2.21. The summed E-state index contributed by atoms with van der Waals surface area (Å²) in [5.74, 6) is -1.30. The van der Waals surface area contributed by atoms with Crippen LogP contribution in [0.15, 0.2) is 48.7 Å². The van der Waals surface area contributed by atoms with E-state index in [0.717, 1.165) is 11.1 Å². The number of benzene rings is 2. The average molecular weight is 343 g/mol. The zero-order valence-corrected chi connectivity index (χ0v) is 13.8. The fourth-order valence-electron chi connectivity index (χ4n) is 2.74. The summed E-state index contributed by atoms with van der Waals surface area (Å²) in [5, 5.41) is 19.9. The van der Waals surface area contributed by atoms with E-state index in [1.54, 1.807) is 0 Å². The molecule has 130 valence electrons. The topological polar surface area (TPSA) is 60.9 Å². The van der Waals surface area contributed by atoms with Crippen molar-refractivity contribution in [3.05, 3.63) is 77.0 Å². The zero-order chi connectivity index (χ0) is 17.8. The third-order valence-electron chi connectivity index (χ3n) is 4.01. The first-order valence-corrected chi connectivity index (χ1v) is 7.98. The summed E-state index contributed by atoms with van der Waals surface area (Å²) in [6, 6.07) is 11.4. The summed E-state index contributed by atoms with van der Waals surface area (Å²) in [5.41, 5.74) is 2.69. The molecule has 0 saturated carbocycles. The minimum Gasteiger partial charge on any atom is -0.387 e. The van der Waals surface area contributed by atoms with E-state index in [0.29, 0.717) is 24.3 Å². The van der Waals surface area contributed by atoms with Gasteiger partial charge in [0.25, 0.3) is 0 Å². The van der Waals surface area contributed by atoms with Gasteiger partial charge in [-0.15, -0.1) is 0 Å². The molecule has 6 heteroatoms. The van der Waals surface area contributed by atoms with Crippen LogP contribution < -0.4 is 5.32 Å². The number of hydrogen-bond acceptors (Lipinski definition) is 3. The van der Waals surface area contributed by atoms with E-state index in [9.17, 15) is 13.9 Å². The van der Waals surface area contributed by atoms with Crippen molar-refractivity contribution in [1.82, 2.24) is 15.5 Å². The van der Waals surface area contributed by atoms with Gasteiger partial charge in [-0.05, 0) is 24.6 Å². The molecule has 3 rings (SSSR count). The van der Waals surface area contributed by atoms with Crippen LogP contribution in [0.1, 0.15) is 22.8 Å². The Morgan fingerprint density at radius 2 is 1.88 bits per heavy atom. The number of aliphatic hydroxyl groups is 1. The second-order valence-corrected chi connectivity index (χ2v) is 5.93. The van der Waals surface area contributed by atoms with Crippen molar-refractivity contribution in [1.29, 1.82) is 0 Å². The van der Waals surface area contributed by atoms with Crippen LogP contribution in [-0.2, 0) is 6.54 Å². The van der Waals surface area contributed by atoms with Crippen LogP contribution in [0.25, 0.3) is 11.3 Å². The van der Waals surface area contributed by atoms with Crippen molar-refractivity contribution in [2.45, 2.75) is 19.6 Å². The van der Waals surface area contributed by atoms with Crippen molar-refractivity contribution in [3.8, 4) is 11.3 Å². The molecule has 0 amide bonds. The molecule has 0 aliphatic heterocycles. The Balaban J connectivity index is 1.68. The molecule has 1 heterocycles. The van der Waals surface area contributed by atoms with Gasteiger partial charge in [0.15, 0.2) is 0 Å². The second kappa shape index (κ2) is 7.55. The van der Waals surface area contributed by atoms with E-state index >= 15 is 0 Å². The highest BCUT2D eigenvalue weighted by Gasteiger charge is 2.16. The Morgan fingerprint density at radius 3 is 2.60 bits per heavy atom. The number of aryl methyl sites for hydroxylation is 1. The van der Waals surface area contributed by atoms with E-state index in [2.05, 4.69) is 15.5 Å². The van der Waals surface area contributed by atoms with Crippen LogP contribution in [0.4, 0.5) is 8.78 Å². The summed E-state index contributed by atoms with van der Waals surface area (Å²) in [7, 11) is 0. The Bertz CT molecular complexity index is 843. The highest BCUT2D eigenvalue weighted by atomic mass is 19.1. The predicted octanol–water partition coefficient (Wildman–Crippen LogP) is 3.49. The van der Waals surface area contributed by atoms with Crippen molar-refractivity contribution >= 4 is 0 Å². The quantitative estimate of drug-likeness (QED) is 0.642. The van der Waals surface area contributed by atoms with Crippen molar-refractivity contribution in [2.24, 2.45) is 0 Å². The minimum atomic E-state index is -0.666. The summed E-state index contributed by atoms with van der Waals surface area (Å²) < 4.78 is 27.9. The molecule has 0 saturated heterocycles. The third-order valence-corrected chi connectivity index (χ3v) is 4.01. The number of rotatable bonds is 6. The Labute approximate surface area is 144 Å². The standard InChI is InChI=1S/C19H19F2N3O/c1-12-4-2-5-13(8-12)17(25)11-22-9-14-10-23-24-19(14)18-15(20)6-3-7-16(18)21/h2-8,10,17,22,25H,9,11H2,1H3,(H,23,24). The summed E-state index contributed by atoms with van der Waals surface area (Å²) in [6.45, 7) is 2.60. The van der Waals surface area contributed by atoms with Crippen molar-refractivity contribution in [3.63, 3.8) is 0 Å². The molecule has 1 unspecified atom stereocenters. The lowest BCUT2D eigenvalue weighted by molar-refractivity contribution is 0.174. The number of aromatic nitrogens is 2. The average Bonchev–Trinajstić information content (AvgIpc) is 3.03. The monoisotopic (exact) mass is 343 g/mol. The van der Waals surface area contributed by atoms with Gasteiger partial charge in [0.05, 0.1) is 23.6 Å². The van der Waals surface area contributed by atoms with E-state index in [1.807, 2.05) is 31.2 Å². The molecule has 0 aliphatic rings. The highest BCUT2D eigenvalue weighted by molar-refractivity contribution is 5.64.